The van der Waals surface area contributed by atoms with Gasteiger partial charge >= 0.3 is 0 Å². The summed E-state index contributed by atoms with van der Waals surface area (Å²) >= 11 is 0. The summed E-state index contributed by atoms with van der Waals surface area (Å²) in [4.78, 5) is 0. The molecule has 0 fully saturated rings. The van der Waals surface area contributed by atoms with Gasteiger partial charge in [0.15, 0.2) is 0 Å². The second-order valence-electron chi connectivity index (χ2n) is 8.75. The number of hydrogen-bond donors (Lipinski definition) is 2. The zero-order valence-electron chi connectivity index (χ0n) is 17.1. The molecule has 0 radical (unpaired) electrons. The van der Waals surface area contributed by atoms with Gasteiger partial charge in [0, 0.05) is 18.6 Å². The molecule has 2 aromatic carbocycles. The van der Waals surface area contributed by atoms with Crippen LogP contribution in [0.4, 0.5) is 0 Å². The maximum absolute atomic E-state index is 10.0. The quantitative estimate of drug-likeness (QED) is 0.650. The number of benzene rings is 2. The van der Waals surface area contributed by atoms with Crippen molar-refractivity contribution >= 4 is 18.7 Å². The maximum atomic E-state index is 10.0. The van der Waals surface area contributed by atoms with E-state index in [1.807, 2.05) is 19.1 Å². The third kappa shape index (κ3) is 4.88. The molecule has 2 aromatic rings. The average Bonchev–Trinajstić information content (AvgIpc) is 2.67. The third-order valence-corrected chi connectivity index (χ3v) is 10.4. The fourth-order valence-electron chi connectivity index (χ4n) is 3.75. The zero-order chi connectivity index (χ0) is 20.0. The molecular weight excluding hydrogens is 352 g/mol. The second-order valence-corrected chi connectivity index (χ2v) is 13.1. The molecule has 2 rings (SSSR count). The topological polar surface area (TPSA) is 49.7 Å². The largest absolute Gasteiger partial charge is 0.407 e. The van der Waals surface area contributed by atoms with Crippen LogP contribution in [0.5, 0.6) is 0 Å². The lowest BCUT2D eigenvalue weighted by Gasteiger charge is -2.45. The highest BCUT2D eigenvalue weighted by molar-refractivity contribution is 6.99. The van der Waals surface area contributed by atoms with Crippen molar-refractivity contribution < 1.29 is 14.6 Å². The van der Waals surface area contributed by atoms with E-state index in [-0.39, 0.29) is 23.7 Å². The van der Waals surface area contributed by atoms with Crippen LogP contribution in [0.3, 0.4) is 0 Å². The first-order chi connectivity index (χ1) is 12.8. The zero-order valence-corrected chi connectivity index (χ0v) is 18.1. The van der Waals surface area contributed by atoms with Crippen LogP contribution in [-0.4, -0.2) is 38.4 Å². The molecule has 0 aliphatic heterocycles. The van der Waals surface area contributed by atoms with Gasteiger partial charge in [-0.2, -0.15) is 0 Å². The number of aliphatic hydroxyl groups is 2. The van der Waals surface area contributed by atoms with Crippen LogP contribution in [0, 0.1) is 5.41 Å². The van der Waals surface area contributed by atoms with Gasteiger partial charge in [0.25, 0.3) is 8.32 Å². The predicted octanol–water partition coefficient (Wildman–Crippen LogP) is 3.33. The monoisotopic (exact) mass is 386 g/mol. The van der Waals surface area contributed by atoms with Gasteiger partial charge in [0.05, 0.1) is 6.61 Å². The molecule has 0 aromatic heterocycles. The maximum Gasteiger partial charge on any atom is 0.261 e. The Morgan fingerprint density at radius 3 is 1.67 bits per heavy atom. The standard InChI is InChI=1S/C23H34O3Si/c1-22(2,3)27(20-12-7-5-8-13-20,21-14-9-6-10-15-21)26-19-23(4,18-25)16-11-17-24/h5-10,12-15,24-25H,11,16-19H2,1-4H3/t23-/m0/s1. The summed E-state index contributed by atoms with van der Waals surface area (Å²) in [5.41, 5.74) is -0.365. The van der Waals surface area contributed by atoms with Crippen LogP contribution in [0.25, 0.3) is 0 Å². The van der Waals surface area contributed by atoms with Crippen LogP contribution in [0.1, 0.15) is 40.5 Å². The first-order valence-electron chi connectivity index (χ1n) is 9.76. The van der Waals surface area contributed by atoms with E-state index in [1.54, 1.807) is 0 Å². The number of aliphatic hydroxyl groups excluding tert-OH is 2. The highest BCUT2D eigenvalue weighted by Crippen LogP contribution is 2.38. The second kappa shape index (κ2) is 9.15. The van der Waals surface area contributed by atoms with Crippen LogP contribution in [0.15, 0.2) is 60.7 Å². The van der Waals surface area contributed by atoms with Crippen LogP contribution in [0.2, 0.25) is 5.04 Å². The Kier molecular flexibility index (Phi) is 7.40. The van der Waals surface area contributed by atoms with Gasteiger partial charge in [-0.3, -0.25) is 0 Å². The molecular formula is C23H34O3Si. The Morgan fingerprint density at radius 1 is 0.815 bits per heavy atom. The van der Waals surface area contributed by atoms with Gasteiger partial charge in [0.2, 0.25) is 0 Å². The van der Waals surface area contributed by atoms with E-state index in [0.717, 1.165) is 6.42 Å². The fourth-order valence-corrected chi connectivity index (χ4v) is 8.47. The molecule has 0 aliphatic rings. The van der Waals surface area contributed by atoms with E-state index in [0.29, 0.717) is 13.0 Å². The van der Waals surface area contributed by atoms with E-state index in [2.05, 4.69) is 69.3 Å². The summed E-state index contributed by atoms with van der Waals surface area (Å²) in [6.07, 6.45) is 1.40. The minimum absolute atomic E-state index is 0.0468. The molecule has 4 heteroatoms. The molecule has 0 heterocycles. The smallest absolute Gasteiger partial charge is 0.261 e. The molecule has 3 nitrogen and oxygen atoms in total. The van der Waals surface area contributed by atoms with Gasteiger partial charge in [-0.1, -0.05) is 88.4 Å². The lowest BCUT2D eigenvalue weighted by molar-refractivity contribution is 0.0632. The van der Waals surface area contributed by atoms with Crippen molar-refractivity contribution in [2.75, 3.05) is 19.8 Å². The summed E-state index contributed by atoms with van der Waals surface area (Å²) in [5.74, 6) is 0. The highest BCUT2D eigenvalue weighted by Gasteiger charge is 2.50. The molecule has 1 atom stereocenters. The van der Waals surface area contributed by atoms with Gasteiger partial charge in [0.1, 0.15) is 0 Å². The summed E-state index contributed by atoms with van der Waals surface area (Å²) < 4.78 is 6.92. The predicted molar refractivity (Wildman–Crippen MR) is 115 cm³/mol. The summed E-state index contributed by atoms with van der Waals surface area (Å²) in [7, 11) is -2.59. The van der Waals surface area contributed by atoms with Gasteiger partial charge in [-0.05, 0) is 28.3 Å². The lowest BCUT2D eigenvalue weighted by atomic mass is 9.87. The van der Waals surface area contributed by atoms with Crippen molar-refractivity contribution in [1.82, 2.24) is 0 Å². The molecule has 0 bridgehead atoms. The molecule has 0 aliphatic carbocycles. The molecule has 0 unspecified atom stereocenters. The molecule has 148 valence electrons. The fraction of sp³-hybridized carbons (Fsp3) is 0.478. The molecule has 0 amide bonds. The van der Waals surface area contributed by atoms with Crippen molar-refractivity contribution in [2.24, 2.45) is 5.41 Å². The van der Waals surface area contributed by atoms with Crippen LogP contribution in [-0.2, 0) is 4.43 Å². The Hall–Kier alpha value is -1.46. The number of rotatable bonds is 9. The minimum atomic E-state index is -2.59. The molecule has 27 heavy (non-hydrogen) atoms. The van der Waals surface area contributed by atoms with Crippen LogP contribution < -0.4 is 10.4 Å². The summed E-state index contributed by atoms with van der Waals surface area (Å²) in [5, 5.41) is 21.6. The summed E-state index contributed by atoms with van der Waals surface area (Å²) in [6, 6.07) is 21.1. The van der Waals surface area contributed by atoms with Gasteiger partial charge in [-0.15, -0.1) is 0 Å². The number of hydrogen-bond acceptors (Lipinski definition) is 3. The van der Waals surface area contributed by atoms with Crippen molar-refractivity contribution in [3.8, 4) is 0 Å². The van der Waals surface area contributed by atoms with Crippen molar-refractivity contribution in [1.29, 1.82) is 0 Å². The Labute approximate surface area is 165 Å². The van der Waals surface area contributed by atoms with E-state index in [4.69, 9.17) is 4.43 Å². The highest BCUT2D eigenvalue weighted by atomic mass is 28.4. The Bertz CT molecular complexity index is 642. The van der Waals surface area contributed by atoms with Crippen LogP contribution >= 0.6 is 0 Å². The third-order valence-electron chi connectivity index (χ3n) is 5.37. The minimum Gasteiger partial charge on any atom is -0.407 e. The van der Waals surface area contributed by atoms with Crippen molar-refractivity contribution in [2.45, 2.75) is 45.6 Å². The Morgan fingerprint density at radius 2 is 1.30 bits per heavy atom. The molecule has 0 saturated carbocycles. The Balaban J connectivity index is 2.52. The van der Waals surface area contributed by atoms with E-state index >= 15 is 0 Å². The van der Waals surface area contributed by atoms with Gasteiger partial charge in [-0.25, -0.2) is 0 Å². The first-order valence-corrected chi connectivity index (χ1v) is 11.7. The SMILES string of the molecule is CC(C)(C)[Si](OC[C@](C)(CO)CCCO)(c1ccccc1)c1ccccc1. The summed E-state index contributed by atoms with van der Waals surface area (Å²) in [6.45, 7) is 9.45. The van der Waals surface area contributed by atoms with Gasteiger partial charge < -0.3 is 14.6 Å². The molecule has 0 spiro atoms. The molecule has 0 saturated heterocycles. The van der Waals surface area contributed by atoms with Crippen molar-refractivity contribution in [3.05, 3.63) is 60.7 Å². The molecule has 2 N–H and O–H groups in total. The first kappa shape index (κ1) is 21.8. The average molecular weight is 387 g/mol. The normalized spacial score (nSPS) is 14.7. The van der Waals surface area contributed by atoms with E-state index < -0.39 is 8.32 Å². The van der Waals surface area contributed by atoms with E-state index in [1.165, 1.54) is 10.4 Å². The van der Waals surface area contributed by atoms with E-state index in [9.17, 15) is 10.2 Å². The lowest BCUT2D eigenvalue weighted by Crippen LogP contribution is -2.67. The van der Waals surface area contributed by atoms with Crippen molar-refractivity contribution in [3.63, 3.8) is 0 Å².